The third kappa shape index (κ3) is 1.99. The van der Waals surface area contributed by atoms with Crippen molar-refractivity contribution in [2.45, 2.75) is 0 Å². The highest BCUT2D eigenvalue weighted by Gasteiger charge is 2.16. The first kappa shape index (κ1) is 16.4. The molecule has 32 heavy (non-hydrogen) atoms. The van der Waals surface area contributed by atoms with Crippen LogP contribution in [-0.4, -0.2) is 4.40 Å². The van der Waals surface area contributed by atoms with Gasteiger partial charge in [-0.2, -0.15) is 0 Å². The van der Waals surface area contributed by atoms with Crippen LogP contribution in [0.2, 0.25) is 0 Å². The highest BCUT2D eigenvalue weighted by atomic mass is 16.3. The van der Waals surface area contributed by atoms with Crippen molar-refractivity contribution in [1.29, 1.82) is 0 Å². The summed E-state index contributed by atoms with van der Waals surface area (Å²) in [6.45, 7) is 0. The van der Waals surface area contributed by atoms with E-state index in [4.69, 9.17) is 4.42 Å². The standard InChI is InChI=1S/C30H17NO/c1-2-8-19-14-23-22(13-18(19)7-1)24-17-30-25(21-10-4-6-12-29(21)32-30)16-28(24)31-26-11-5-3-9-20(26)15-27(23)31/h1-17H. The van der Waals surface area contributed by atoms with Gasteiger partial charge in [-0.25, -0.2) is 0 Å². The predicted molar refractivity (Wildman–Crippen MR) is 135 cm³/mol. The molecule has 0 atom stereocenters. The number of hydrogen-bond acceptors (Lipinski definition) is 1. The normalized spacial score (nSPS) is 12.4. The summed E-state index contributed by atoms with van der Waals surface area (Å²) >= 11 is 0. The van der Waals surface area contributed by atoms with Crippen molar-refractivity contribution in [3.8, 4) is 0 Å². The second-order valence-electron chi connectivity index (χ2n) is 8.63. The van der Waals surface area contributed by atoms with Gasteiger partial charge in [0.05, 0.1) is 16.6 Å². The first-order chi connectivity index (χ1) is 15.8. The number of aromatic nitrogens is 1. The van der Waals surface area contributed by atoms with Crippen molar-refractivity contribution < 1.29 is 4.42 Å². The van der Waals surface area contributed by atoms with E-state index in [1.54, 1.807) is 0 Å². The second-order valence-corrected chi connectivity index (χ2v) is 8.63. The number of rotatable bonds is 0. The van der Waals surface area contributed by atoms with Crippen molar-refractivity contribution in [3.63, 3.8) is 0 Å². The van der Waals surface area contributed by atoms with Gasteiger partial charge in [-0.15, -0.1) is 0 Å². The van der Waals surface area contributed by atoms with Crippen molar-refractivity contribution in [1.82, 2.24) is 4.40 Å². The lowest BCUT2D eigenvalue weighted by Gasteiger charge is -2.12. The van der Waals surface area contributed by atoms with Crippen LogP contribution in [0.25, 0.3) is 70.8 Å². The molecule has 2 nitrogen and oxygen atoms in total. The molecule has 0 radical (unpaired) electrons. The van der Waals surface area contributed by atoms with Gasteiger partial charge in [0.1, 0.15) is 11.2 Å². The zero-order valence-corrected chi connectivity index (χ0v) is 17.2. The minimum absolute atomic E-state index is 0.932. The summed E-state index contributed by atoms with van der Waals surface area (Å²) in [6, 6.07) is 37.1. The summed E-state index contributed by atoms with van der Waals surface area (Å²) < 4.78 is 8.69. The van der Waals surface area contributed by atoms with Crippen molar-refractivity contribution >= 4 is 70.8 Å². The van der Waals surface area contributed by atoms with Crippen LogP contribution in [0.1, 0.15) is 0 Å². The number of benzene rings is 5. The molecule has 0 unspecified atom stereocenters. The third-order valence-electron chi connectivity index (χ3n) is 6.90. The van der Waals surface area contributed by atoms with Gasteiger partial charge < -0.3 is 8.82 Å². The van der Waals surface area contributed by atoms with E-state index in [1.165, 1.54) is 48.9 Å². The van der Waals surface area contributed by atoms with Crippen molar-refractivity contribution in [2.75, 3.05) is 0 Å². The van der Waals surface area contributed by atoms with Crippen LogP contribution in [-0.2, 0) is 0 Å². The van der Waals surface area contributed by atoms with E-state index in [9.17, 15) is 0 Å². The second kappa shape index (κ2) is 5.68. The molecule has 3 heterocycles. The molecule has 0 bridgehead atoms. The zero-order chi connectivity index (χ0) is 20.8. The molecule has 8 rings (SSSR count). The Kier molecular flexibility index (Phi) is 2.91. The van der Waals surface area contributed by atoms with E-state index in [-0.39, 0.29) is 0 Å². The molecular weight excluding hydrogens is 390 g/mol. The Morgan fingerprint density at radius 2 is 1.06 bits per heavy atom. The molecule has 0 fully saturated rings. The van der Waals surface area contributed by atoms with Crippen LogP contribution >= 0.6 is 0 Å². The molecule has 3 aromatic heterocycles. The fourth-order valence-electron chi connectivity index (χ4n) is 5.45. The number of hydrogen-bond donors (Lipinski definition) is 0. The molecule has 0 aliphatic heterocycles. The van der Waals surface area contributed by atoms with E-state index in [0.717, 1.165) is 21.9 Å². The summed E-state index contributed by atoms with van der Waals surface area (Å²) in [5.74, 6) is 0. The van der Waals surface area contributed by atoms with Gasteiger partial charge in [0, 0.05) is 26.9 Å². The molecule has 0 saturated carbocycles. The van der Waals surface area contributed by atoms with Crippen molar-refractivity contribution in [3.05, 3.63) is 103 Å². The van der Waals surface area contributed by atoms with Gasteiger partial charge in [-0.1, -0.05) is 60.7 Å². The van der Waals surface area contributed by atoms with E-state index >= 15 is 0 Å². The van der Waals surface area contributed by atoms with Crippen LogP contribution in [0.3, 0.4) is 0 Å². The average molecular weight is 407 g/mol. The Morgan fingerprint density at radius 1 is 0.406 bits per heavy atom. The molecule has 0 amide bonds. The summed E-state index contributed by atoms with van der Waals surface area (Å²) in [6.07, 6.45) is 0. The maximum absolute atomic E-state index is 6.27. The maximum Gasteiger partial charge on any atom is 0.136 e. The molecule has 8 aromatic rings. The van der Waals surface area contributed by atoms with Gasteiger partial charge in [-0.3, -0.25) is 0 Å². The van der Waals surface area contributed by atoms with Crippen molar-refractivity contribution in [2.24, 2.45) is 0 Å². The molecule has 0 aliphatic carbocycles. The monoisotopic (exact) mass is 407 g/mol. The van der Waals surface area contributed by atoms with E-state index < -0.39 is 0 Å². The minimum atomic E-state index is 0.932. The van der Waals surface area contributed by atoms with Gasteiger partial charge in [-0.05, 0) is 58.6 Å². The smallest absolute Gasteiger partial charge is 0.136 e. The topological polar surface area (TPSA) is 17.6 Å². The van der Waals surface area contributed by atoms with Crippen LogP contribution in [0.4, 0.5) is 0 Å². The fourth-order valence-corrected chi connectivity index (χ4v) is 5.45. The lowest BCUT2D eigenvalue weighted by molar-refractivity contribution is 0.669. The highest BCUT2D eigenvalue weighted by molar-refractivity contribution is 6.22. The molecule has 0 N–H and O–H groups in total. The SMILES string of the molecule is c1ccc2cc3c(cc2c1)c1cc2oc4ccccc4c2cc1n1c2ccccc2cc31. The summed E-state index contributed by atoms with van der Waals surface area (Å²) in [4.78, 5) is 0. The number of pyridine rings is 1. The average Bonchev–Trinajstić information content (AvgIpc) is 3.40. The first-order valence-electron chi connectivity index (χ1n) is 10.9. The van der Waals surface area contributed by atoms with Gasteiger partial charge in [0.2, 0.25) is 0 Å². The molecular formula is C30H17NO. The third-order valence-corrected chi connectivity index (χ3v) is 6.90. The molecule has 5 aromatic carbocycles. The van der Waals surface area contributed by atoms with Crippen LogP contribution in [0, 0.1) is 0 Å². The lowest BCUT2D eigenvalue weighted by Crippen LogP contribution is -1.91. The quantitative estimate of drug-likeness (QED) is 0.182. The summed E-state index contributed by atoms with van der Waals surface area (Å²) in [7, 11) is 0. The van der Waals surface area contributed by atoms with E-state index in [0.29, 0.717) is 0 Å². The number of furan rings is 1. The Labute approximate surface area is 182 Å². The molecule has 0 saturated heterocycles. The Bertz CT molecular complexity index is 2040. The first-order valence-corrected chi connectivity index (χ1v) is 10.9. The Hall–Kier alpha value is -4.30. The van der Waals surface area contributed by atoms with Gasteiger partial charge >= 0.3 is 0 Å². The molecule has 148 valence electrons. The number of nitrogens with zero attached hydrogens (tertiary/aromatic N) is 1. The highest BCUT2D eigenvalue weighted by Crippen LogP contribution is 2.39. The minimum Gasteiger partial charge on any atom is -0.456 e. The van der Waals surface area contributed by atoms with E-state index in [2.05, 4.69) is 95.4 Å². The summed E-state index contributed by atoms with van der Waals surface area (Å²) in [5, 5.41) is 9.83. The summed E-state index contributed by atoms with van der Waals surface area (Å²) in [5.41, 5.74) is 5.55. The van der Waals surface area contributed by atoms with Crippen LogP contribution in [0.15, 0.2) is 108 Å². The zero-order valence-electron chi connectivity index (χ0n) is 17.2. The Balaban J connectivity index is 1.72. The number of fused-ring (bicyclic) bond motifs is 12. The largest absolute Gasteiger partial charge is 0.456 e. The lowest BCUT2D eigenvalue weighted by atomic mass is 9.99. The predicted octanol–water partition coefficient (Wildman–Crippen LogP) is 8.45. The van der Waals surface area contributed by atoms with Gasteiger partial charge in [0.15, 0.2) is 0 Å². The van der Waals surface area contributed by atoms with Gasteiger partial charge in [0.25, 0.3) is 0 Å². The van der Waals surface area contributed by atoms with Crippen LogP contribution < -0.4 is 0 Å². The number of para-hydroxylation sites is 2. The maximum atomic E-state index is 6.27. The molecule has 0 aliphatic rings. The molecule has 2 heteroatoms. The molecule has 0 spiro atoms. The van der Waals surface area contributed by atoms with Crippen LogP contribution in [0.5, 0.6) is 0 Å². The fraction of sp³-hybridized carbons (Fsp3) is 0. The Morgan fingerprint density at radius 3 is 1.94 bits per heavy atom. The van der Waals surface area contributed by atoms with E-state index in [1.807, 2.05) is 12.1 Å².